The summed E-state index contributed by atoms with van der Waals surface area (Å²) >= 11 is 0. The third kappa shape index (κ3) is 2.93. The molecule has 0 spiro atoms. The Bertz CT molecular complexity index is 322. The Hall–Kier alpha value is -1.08. The molecule has 0 bridgehead atoms. The van der Waals surface area contributed by atoms with Crippen molar-refractivity contribution in [3.8, 4) is 0 Å². The van der Waals surface area contributed by atoms with E-state index in [-0.39, 0.29) is 5.60 Å². The maximum absolute atomic E-state index is 5.46. The number of ether oxygens (including phenoxy) is 1. The van der Waals surface area contributed by atoms with Gasteiger partial charge in [-0.3, -0.25) is 0 Å². The van der Waals surface area contributed by atoms with Gasteiger partial charge in [0.2, 0.25) is 0 Å². The van der Waals surface area contributed by atoms with E-state index in [0.717, 1.165) is 25.9 Å². The fourth-order valence-corrected chi connectivity index (χ4v) is 1.76. The van der Waals surface area contributed by atoms with Gasteiger partial charge in [-0.2, -0.15) is 0 Å². The van der Waals surface area contributed by atoms with Crippen LogP contribution in [0.15, 0.2) is 36.4 Å². The van der Waals surface area contributed by atoms with Crippen LogP contribution in [0.5, 0.6) is 0 Å². The first-order valence-electron chi connectivity index (χ1n) is 5.70. The highest BCUT2D eigenvalue weighted by Crippen LogP contribution is 2.35. The van der Waals surface area contributed by atoms with E-state index in [9.17, 15) is 0 Å². The summed E-state index contributed by atoms with van der Waals surface area (Å²) in [5.41, 5.74) is 1.51. The molecule has 0 radical (unpaired) electrons. The van der Waals surface area contributed by atoms with E-state index >= 15 is 0 Å². The first-order chi connectivity index (χ1) is 7.35. The van der Waals surface area contributed by atoms with Gasteiger partial charge in [0.1, 0.15) is 0 Å². The van der Waals surface area contributed by atoms with Crippen LogP contribution < -0.4 is 0 Å². The molecule has 1 saturated heterocycles. The summed E-state index contributed by atoms with van der Waals surface area (Å²) in [4.78, 5) is 0. The second kappa shape index (κ2) is 4.63. The van der Waals surface area contributed by atoms with Crippen LogP contribution in [-0.4, -0.2) is 12.2 Å². The topological polar surface area (TPSA) is 12.5 Å². The number of rotatable bonds is 5. The minimum Gasteiger partial charge on any atom is -0.370 e. The summed E-state index contributed by atoms with van der Waals surface area (Å²) in [6.07, 6.45) is 7.85. The Morgan fingerprint density at radius 2 is 2.07 bits per heavy atom. The molecule has 1 heteroatoms. The molecule has 0 aromatic heterocycles. The van der Waals surface area contributed by atoms with Crippen molar-refractivity contribution in [2.45, 2.75) is 31.8 Å². The van der Waals surface area contributed by atoms with E-state index in [1.54, 1.807) is 0 Å². The quantitative estimate of drug-likeness (QED) is 0.664. The van der Waals surface area contributed by atoms with Crippen LogP contribution in [0.2, 0.25) is 0 Å². The third-order valence-corrected chi connectivity index (χ3v) is 3.07. The first kappa shape index (κ1) is 10.4. The lowest BCUT2D eigenvalue weighted by molar-refractivity contribution is 0.283. The van der Waals surface area contributed by atoms with E-state index in [1.165, 1.54) is 5.56 Å². The van der Waals surface area contributed by atoms with E-state index in [4.69, 9.17) is 4.74 Å². The van der Waals surface area contributed by atoms with E-state index in [2.05, 4.69) is 43.3 Å². The molecule has 80 valence electrons. The maximum atomic E-state index is 5.46. The molecule has 1 aliphatic heterocycles. The van der Waals surface area contributed by atoms with Crippen LogP contribution in [-0.2, 0) is 4.74 Å². The summed E-state index contributed by atoms with van der Waals surface area (Å²) in [5.74, 6) is 0. The van der Waals surface area contributed by atoms with Crippen molar-refractivity contribution in [2.24, 2.45) is 0 Å². The van der Waals surface area contributed by atoms with E-state index in [1.807, 2.05) is 6.07 Å². The molecule has 1 unspecified atom stereocenters. The Morgan fingerprint density at radius 3 is 2.67 bits per heavy atom. The van der Waals surface area contributed by atoms with Gasteiger partial charge in [0, 0.05) is 0 Å². The maximum Gasteiger partial charge on any atom is 0.0916 e. The van der Waals surface area contributed by atoms with Gasteiger partial charge < -0.3 is 4.74 Å². The molecule has 15 heavy (non-hydrogen) atoms. The highest BCUT2D eigenvalue weighted by Gasteiger charge is 2.41. The van der Waals surface area contributed by atoms with Crippen molar-refractivity contribution in [3.63, 3.8) is 0 Å². The zero-order valence-corrected chi connectivity index (χ0v) is 9.28. The average molecular weight is 202 g/mol. The summed E-state index contributed by atoms with van der Waals surface area (Å²) in [7, 11) is 0. The lowest BCUT2D eigenvalue weighted by atomic mass is 10.0. The summed E-state index contributed by atoms with van der Waals surface area (Å²) < 4.78 is 5.46. The standard InChI is InChI=1S/C14H18O/c1-2-14(12-15-14)11-7-6-10-13-8-4-3-5-9-13/h3-6,8-10H,2,7,11-12H2,1H3/b10-6+. The summed E-state index contributed by atoms with van der Waals surface area (Å²) in [5, 5.41) is 0. The third-order valence-electron chi connectivity index (χ3n) is 3.07. The monoisotopic (exact) mass is 202 g/mol. The van der Waals surface area contributed by atoms with Crippen LogP contribution in [0.4, 0.5) is 0 Å². The largest absolute Gasteiger partial charge is 0.370 e. The number of allylic oxidation sites excluding steroid dienone is 1. The van der Waals surface area contributed by atoms with Gasteiger partial charge in [-0.15, -0.1) is 0 Å². The molecular formula is C14H18O. The van der Waals surface area contributed by atoms with Gasteiger partial charge in [0.15, 0.2) is 0 Å². The highest BCUT2D eigenvalue weighted by molar-refractivity contribution is 5.48. The highest BCUT2D eigenvalue weighted by atomic mass is 16.6. The number of hydrogen-bond acceptors (Lipinski definition) is 1. The molecule has 1 fully saturated rings. The predicted octanol–water partition coefficient (Wildman–Crippen LogP) is 3.66. The molecule has 0 amide bonds. The summed E-state index contributed by atoms with van der Waals surface area (Å²) in [6.45, 7) is 3.16. The van der Waals surface area contributed by atoms with Crippen LogP contribution in [0.1, 0.15) is 31.7 Å². The van der Waals surface area contributed by atoms with Gasteiger partial charge in [0.25, 0.3) is 0 Å². The van der Waals surface area contributed by atoms with Gasteiger partial charge >= 0.3 is 0 Å². The first-order valence-corrected chi connectivity index (χ1v) is 5.70. The van der Waals surface area contributed by atoms with Gasteiger partial charge in [0.05, 0.1) is 12.2 Å². The van der Waals surface area contributed by atoms with Crippen LogP contribution in [0.3, 0.4) is 0 Å². The number of hydrogen-bond donors (Lipinski definition) is 0. The molecule has 0 aliphatic carbocycles. The fourth-order valence-electron chi connectivity index (χ4n) is 1.76. The normalized spacial score (nSPS) is 24.6. The van der Waals surface area contributed by atoms with Gasteiger partial charge in [-0.1, -0.05) is 49.4 Å². The molecule has 1 aromatic rings. The number of benzene rings is 1. The second-order valence-corrected chi connectivity index (χ2v) is 4.18. The van der Waals surface area contributed by atoms with E-state index in [0.29, 0.717) is 0 Å². The van der Waals surface area contributed by atoms with Crippen LogP contribution in [0, 0.1) is 0 Å². The average Bonchev–Trinajstić information content (AvgIpc) is 3.07. The minimum absolute atomic E-state index is 0.237. The van der Waals surface area contributed by atoms with Gasteiger partial charge in [-0.05, 0) is 24.8 Å². The van der Waals surface area contributed by atoms with Gasteiger partial charge in [-0.25, -0.2) is 0 Å². The van der Waals surface area contributed by atoms with Crippen LogP contribution in [0.25, 0.3) is 6.08 Å². The molecule has 1 aliphatic rings. The minimum atomic E-state index is 0.237. The zero-order chi connectivity index (χ0) is 10.6. The van der Waals surface area contributed by atoms with Crippen molar-refractivity contribution in [1.29, 1.82) is 0 Å². The molecule has 0 saturated carbocycles. The Labute approximate surface area is 91.8 Å². The molecule has 1 atom stereocenters. The number of epoxide rings is 1. The van der Waals surface area contributed by atoms with Crippen molar-refractivity contribution < 1.29 is 4.74 Å². The van der Waals surface area contributed by atoms with Crippen molar-refractivity contribution in [2.75, 3.05) is 6.61 Å². The van der Waals surface area contributed by atoms with Crippen LogP contribution >= 0.6 is 0 Å². The summed E-state index contributed by atoms with van der Waals surface area (Å²) in [6, 6.07) is 10.4. The lowest BCUT2D eigenvalue weighted by Gasteiger charge is -2.05. The van der Waals surface area contributed by atoms with E-state index < -0.39 is 0 Å². The fraction of sp³-hybridized carbons (Fsp3) is 0.429. The Balaban J connectivity index is 1.76. The SMILES string of the molecule is CCC1(CC/C=C/c2ccccc2)CO1. The Morgan fingerprint density at radius 1 is 1.33 bits per heavy atom. The molecule has 2 rings (SSSR count). The molecule has 1 aromatic carbocycles. The molecule has 1 nitrogen and oxygen atoms in total. The molecule has 0 N–H and O–H groups in total. The zero-order valence-electron chi connectivity index (χ0n) is 9.28. The molecule has 1 heterocycles. The van der Waals surface area contributed by atoms with Crippen molar-refractivity contribution in [3.05, 3.63) is 42.0 Å². The predicted molar refractivity (Wildman–Crippen MR) is 63.7 cm³/mol. The Kier molecular flexibility index (Phi) is 3.22. The van der Waals surface area contributed by atoms with Crippen molar-refractivity contribution in [1.82, 2.24) is 0 Å². The van der Waals surface area contributed by atoms with Crippen molar-refractivity contribution >= 4 is 6.08 Å². The lowest BCUT2D eigenvalue weighted by Crippen LogP contribution is -2.07. The molecular weight excluding hydrogens is 184 g/mol. The second-order valence-electron chi connectivity index (χ2n) is 4.18. The smallest absolute Gasteiger partial charge is 0.0916 e.